The Morgan fingerprint density at radius 1 is 0.733 bits per heavy atom. The number of ether oxygens (including phenoxy) is 2. The monoisotopic (exact) mass is 436 g/mol. The predicted octanol–water partition coefficient (Wildman–Crippen LogP) is 8.43. The molecule has 0 aliphatic rings. The van der Waals surface area contributed by atoms with Gasteiger partial charge in [0.25, 0.3) is 0 Å². The van der Waals surface area contributed by atoms with E-state index in [4.69, 9.17) is 9.47 Å². The quantitative estimate of drug-likeness (QED) is 0.170. The van der Waals surface area contributed by atoms with Gasteiger partial charge in [-0.25, -0.2) is 0 Å². The molecule has 30 heavy (non-hydrogen) atoms. The maximum Gasteiger partial charge on any atom is 0.0894 e. The molecule has 0 amide bonds. The number of unbranched alkanes of at least 4 members (excludes halogenated alkanes) is 13. The first-order valence-corrected chi connectivity index (χ1v) is 13.7. The molecule has 0 heterocycles. The van der Waals surface area contributed by atoms with Gasteiger partial charge >= 0.3 is 0 Å². The van der Waals surface area contributed by atoms with Crippen molar-refractivity contribution in [3.8, 4) is 0 Å². The van der Waals surface area contributed by atoms with Crippen molar-refractivity contribution in [1.29, 1.82) is 0 Å². The fourth-order valence-electron chi connectivity index (χ4n) is 3.68. The maximum atomic E-state index is 5.86. The van der Waals surface area contributed by atoms with Crippen molar-refractivity contribution < 1.29 is 9.47 Å². The van der Waals surface area contributed by atoms with Gasteiger partial charge in [0.15, 0.2) is 0 Å². The summed E-state index contributed by atoms with van der Waals surface area (Å²) in [4.78, 5) is 0. The second kappa shape index (κ2) is 21.7. The Hall–Kier alpha value is -0.510. The fraction of sp³-hybridized carbons (Fsp3) is 0.778. The normalized spacial score (nSPS) is 12.3. The zero-order chi connectivity index (χ0) is 21.5. The van der Waals surface area contributed by atoms with Crippen LogP contribution in [0.2, 0.25) is 0 Å². The summed E-state index contributed by atoms with van der Waals surface area (Å²) in [5.74, 6) is 2.03. The molecular weight excluding hydrogens is 388 g/mol. The molecule has 0 unspecified atom stereocenters. The number of methoxy groups -OCH3 is 1. The lowest BCUT2D eigenvalue weighted by molar-refractivity contribution is 0.0198. The van der Waals surface area contributed by atoms with Crippen LogP contribution in [0, 0.1) is 0 Å². The number of benzene rings is 1. The van der Waals surface area contributed by atoms with Crippen LogP contribution < -0.4 is 0 Å². The Balaban J connectivity index is 1.80. The van der Waals surface area contributed by atoms with Gasteiger partial charge < -0.3 is 9.47 Å². The van der Waals surface area contributed by atoms with Gasteiger partial charge in [-0.3, -0.25) is 0 Å². The van der Waals surface area contributed by atoms with Gasteiger partial charge in [-0.15, -0.1) is 0 Å². The zero-order valence-corrected chi connectivity index (χ0v) is 20.7. The van der Waals surface area contributed by atoms with Crippen LogP contribution in [-0.4, -0.2) is 32.2 Å². The Bertz CT molecular complexity index is 451. The van der Waals surface area contributed by atoms with Gasteiger partial charge in [-0.2, -0.15) is 11.8 Å². The van der Waals surface area contributed by atoms with Crippen molar-refractivity contribution in [1.82, 2.24) is 0 Å². The van der Waals surface area contributed by atoms with E-state index in [1.165, 1.54) is 95.5 Å². The van der Waals surface area contributed by atoms with Crippen LogP contribution in [0.5, 0.6) is 0 Å². The zero-order valence-electron chi connectivity index (χ0n) is 19.9. The highest BCUT2D eigenvalue weighted by Crippen LogP contribution is 2.15. The number of hydrogen-bond acceptors (Lipinski definition) is 3. The Morgan fingerprint density at radius 2 is 1.27 bits per heavy atom. The average molecular weight is 437 g/mol. The minimum atomic E-state index is 0.199. The minimum absolute atomic E-state index is 0.199. The van der Waals surface area contributed by atoms with Gasteiger partial charge in [0.05, 0.1) is 12.7 Å². The molecule has 0 aliphatic carbocycles. The molecule has 0 aromatic heterocycles. The maximum absolute atomic E-state index is 5.86. The summed E-state index contributed by atoms with van der Waals surface area (Å²) in [5.41, 5.74) is 1.38. The second-order valence-electron chi connectivity index (χ2n) is 8.53. The van der Waals surface area contributed by atoms with Gasteiger partial charge in [0, 0.05) is 25.2 Å². The molecule has 0 radical (unpaired) electrons. The van der Waals surface area contributed by atoms with Crippen LogP contribution in [-0.2, 0) is 15.2 Å². The lowest BCUT2D eigenvalue weighted by Gasteiger charge is -2.15. The van der Waals surface area contributed by atoms with Gasteiger partial charge in [-0.05, 0) is 12.0 Å². The summed E-state index contributed by atoms with van der Waals surface area (Å²) >= 11 is 1.92. The van der Waals surface area contributed by atoms with E-state index in [1.807, 2.05) is 11.8 Å². The van der Waals surface area contributed by atoms with Crippen molar-refractivity contribution in [3.63, 3.8) is 0 Å². The van der Waals surface area contributed by atoms with Gasteiger partial charge in [-0.1, -0.05) is 121 Å². The molecular formula is C27H48O2S. The fourth-order valence-corrected chi connectivity index (χ4v) is 4.72. The topological polar surface area (TPSA) is 18.5 Å². The summed E-state index contributed by atoms with van der Waals surface area (Å²) in [6.45, 7) is 3.89. The largest absolute Gasteiger partial charge is 0.379 e. The van der Waals surface area contributed by atoms with Crippen molar-refractivity contribution in [2.75, 3.05) is 26.1 Å². The van der Waals surface area contributed by atoms with E-state index in [1.54, 1.807) is 7.11 Å². The van der Waals surface area contributed by atoms with Gasteiger partial charge in [0.2, 0.25) is 0 Å². The Kier molecular flexibility index (Phi) is 19.9. The first kappa shape index (κ1) is 27.5. The minimum Gasteiger partial charge on any atom is -0.379 e. The first-order chi connectivity index (χ1) is 14.9. The summed E-state index contributed by atoms with van der Waals surface area (Å²) < 4.78 is 11.4. The van der Waals surface area contributed by atoms with E-state index in [2.05, 4.69) is 37.3 Å². The molecule has 3 heteroatoms. The molecule has 0 bridgehead atoms. The summed E-state index contributed by atoms with van der Waals surface area (Å²) in [7, 11) is 1.80. The van der Waals surface area contributed by atoms with Crippen LogP contribution in [0.15, 0.2) is 30.3 Å². The molecule has 1 aromatic carbocycles. The molecule has 1 atom stereocenters. The van der Waals surface area contributed by atoms with E-state index in [0.717, 1.165) is 24.7 Å². The van der Waals surface area contributed by atoms with Crippen molar-refractivity contribution in [3.05, 3.63) is 35.9 Å². The third kappa shape index (κ3) is 17.2. The predicted molar refractivity (Wildman–Crippen MR) is 135 cm³/mol. The van der Waals surface area contributed by atoms with Crippen LogP contribution in [0.4, 0.5) is 0 Å². The van der Waals surface area contributed by atoms with Crippen LogP contribution >= 0.6 is 11.8 Å². The second-order valence-corrected chi connectivity index (χ2v) is 9.56. The van der Waals surface area contributed by atoms with Crippen molar-refractivity contribution in [2.45, 2.75) is 109 Å². The highest BCUT2D eigenvalue weighted by Gasteiger charge is 2.07. The molecule has 0 saturated heterocycles. The smallest absolute Gasteiger partial charge is 0.0894 e. The molecule has 0 spiro atoms. The molecule has 0 fully saturated rings. The number of thioether (sulfide) groups is 1. The molecule has 1 rings (SSSR count). The van der Waals surface area contributed by atoms with E-state index in [0.29, 0.717) is 0 Å². The van der Waals surface area contributed by atoms with Crippen molar-refractivity contribution in [2.24, 2.45) is 0 Å². The molecule has 174 valence electrons. The third-order valence-electron chi connectivity index (χ3n) is 5.69. The van der Waals surface area contributed by atoms with Gasteiger partial charge in [0.1, 0.15) is 0 Å². The van der Waals surface area contributed by atoms with E-state index < -0.39 is 0 Å². The van der Waals surface area contributed by atoms with Crippen molar-refractivity contribution >= 4 is 11.8 Å². The van der Waals surface area contributed by atoms with Crippen LogP contribution in [0.25, 0.3) is 0 Å². The summed E-state index contributed by atoms with van der Waals surface area (Å²) in [6.07, 6.45) is 19.8. The van der Waals surface area contributed by atoms with E-state index >= 15 is 0 Å². The molecule has 0 aliphatic heterocycles. The average Bonchev–Trinajstić information content (AvgIpc) is 2.78. The highest BCUT2D eigenvalue weighted by molar-refractivity contribution is 7.98. The summed E-state index contributed by atoms with van der Waals surface area (Å²) in [6, 6.07) is 10.6. The Labute approximate surface area is 191 Å². The highest BCUT2D eigenvalue weighted by atomic mass is 32.2. The summed E-state index contributed by atoms with van der Waals surface area (Å²) in [5, 5.41) is 0. The van der Waals surface area contributed by atoms with Crippen LogP contribution in [0.1, 0.15) is 102 Å². The molecule has 0 saturated carbocycles. The standard InChI is InChI=1S/C27H48O2S/c1-3-4-5-6-7-8-9-10-11-12-13-14-15-19-22-29-23-27(28-2)25-30-24-26-20-17-16-18-21-26/h16-18,20-21,27H,3-15,19,22-25H2,1-2H3/t27-/m1/s1. The lowest BCUT2D eigenvalue weighted by atomic mass is 10.0. The molecule has 0 N–H and O–H groups in total. The number of hydrogen-bond donors (Lipinski definition) is 0. The SMILES string of the molecule is CCCCCCCCCCCCCCCCOC[C@H](CSCc1ccccc1)OC. The molecule has 2 nitrogen and oxygen atoms in total. The van der Waals surface area contributed by atoms with E-state index in [9.17, 15) is 0 Å². The Morgan fingerprint density at radius 3 is 1.80 bits per heavy atom. The van der Waals surface area contributed by atoms with Crippen LogP contribution in [0.3, 0.4) is 0 Å². The first-order valence-electron chi connectivity index (χ1n) is 12.6. The van der Waals surface area contributed by atoms with E-state index in [-0.39, 0.29) is 6.10 Å². The number of rotatable bonds is 22. The lowest BCUT2D eigenvalue weighted by Crippen LogP contribution is -2.21. The third-order valence-corrected chi connectivity index (χ3v) is 6.84. The molecule has 1 aromatic rings.